The van der Waals surface area contributed by atoms with Crippen molar-refractivity contribution in [3.63, 3.8) is 0 Å². The summed E-state index contributed by atoms with van der Waals surface area (Å²) in [7, 11) is 1.59. The fraction of sp³-hybridized carbons (Fsp3) is 0.375. The standard InChI is InChI=1S/C24H26F3N5O4/c1-15-6-7-16(30-13-15)14-32-19(21(33)29-11-10-23(34)8-9-23)20(28-2)31-22(32)35-17-4-3-5-18(12-17)36-24(25,26)27/h3-7,12-13,28,34H,8-11,14H2,1-2H3,(H,29,33). The Labute approximate surface area is 205 Å². The van der Waals surface area contributed by atoms with E-state index >= 15 is 0 Å². The molecule has 0 unspecified atom stereocenters. The number of aliphatic hydroxyl groups is 1. The predicted molar refractivity (Wildman–Crippen MR) is 124 cm³/mol. The van der Waals surface area contributed by atoms with Gasteiger partial charge in [0.15, 0.2) is 11.5 Å². The van der Waals surface area contributed by atoms with Gasteiger partial charge in [-0.25, -0.2) is 0 Å². The highest BCUT2D eigenvalue weighted by atomic mass is 19.4. The highest BCUT2D eigenvalue weighted by Gasteiger charge is 2.39. The minimum Gasteiger partial charge on any atom is -0.425 e. The summed E-state index contributed by atoms with van der Waals surface area (Å²) in [5.41, 5.74) is 0.999. The molecule has 0 saturated heterocycles. The topological polar surface area (TPSA) is 111 Å². The number of imidazole rings is 1. The van der Waals surface area contributed by atoms with Gasteiger partial charge in [-0.15, -0.1) is 13.2 Å². The normalized spacial score (nSPS) is 14.3. The Hall–Kier alpha value is -3.80. The number of aromatic nitrogens is 3. The number of nitrogens with one attached hydrogen (secondary N) is 2. The highest BCUT2D eigenvalue weighted by Crippen LogP contribution is 2.38. The Bertz CT molecular complexity index is 1220. The molecule has 1 amide bonds. The molecule has 4 rings (SSSR count). The maximum Gasteiger partial charge on any atom is 0.573 e. The average Bonchev–Trinajstić information content (AvgIpc) is 3.44. The number of anilines is 1. The second kappa shape index (κ2) is 10.1. The number of nitrogens with zero attached hydrogens (tertiary/aromatic N) is 3. The lowest BCUT2D eigenvalue weighted by atomic mass is 10.2. The second-order valence-corrected chi connectivity index (χ2v) is 8.61. The van der Waals surface area contributed by atoms with Crippen molar-refractivity contribution in [3.05, 3.63) is 59.5 Å². The number of amides is 1. The van der Waals surface area contributed by atoms with E-state index in [-0.39, 0.29) is 36.4 Å². The first kappa shape index (κ1) is 25.3. The van der Waals surface area contributed by atoms with Crippen LogP contribution in [0.4, 0.5) is 19.0 Å². The van der Waals surface area contributed by atoms with E-state index in [1.165, 1.54) is 16.7 Å². The molecule has 2 heterocycles. The molecule has 9 nitrogen and oxygen atoms in total. The van der Waals surface area contributed by atoms with Gasteiger partial charge in [0.25, 0.3) is 5.91 Å². The quantitative estimate of drug-likeness (QED) is 0.382. The minimum absolute atomic E-state index is 0.0307. The molecule has 1 aliphatic rings. The maximum absolute atomic E-state index is 13.2. The lowest BCUT2D eigenvalue weighted by Crippen LogP contribution is -2.30. The number of ether oxygens (including phenoxy) is 2. The van der Waals surface area contributed by atoms with E-state index in [2.05, 4.69) is 25.3 Å². The maximum atomic E-state index is 13.2. The Morgan fingerprint density at radius 3 is 2.61 bits per heavy atom. The van der Waals surface area contributed by atoms with Crippen molar-refractivity contribution < 1.29 is 32.5 Å². The predicted octanol–water partition coefficient (Wildman–Crippen LogP) is 4.01. The number of benzene rings is 1. The van der Waals surface area contributed by atoms with Gasteiger partial charge in [-0.3, -0.25) is 14.3 Å². The van der Waals surface area contributed by atoms with Crippen LogP contribution in [0.15, 0.2) is 42.6 Å². The zero-order valence-corrected chi connectivity index (χ0v) is 19.7. The molecule has 1 saturated carbocycles. The summed E-state index contributed by atoms with van der Waals surface area (Å²) in [5.74, 6) is -0.664. The third kappa shape index (κ3) is 6.45. The van der Waals surface area contributed by atoms with Crippen LogP contribution in [0.1, 0.15) is 41.0 Å². The molecule has 12 heteroatoms. The van der Waals surface area contributed by atoms with Gasteiger partial charge < -0.3 is 25.2 Å². The molecule has 0 aliphatic heterocycles. The molecule has 0 atom stereocenters. The van der Waals surface area contributed by atoms with Gasteiger partial charge in [-0.1, -0.05) is 12.1 Å². The fourth-order valence-corrected chi connectivity index (χ4v) is 3.54. The lowest BCUT2D eigenvalue weighted by molar-refractivity contribution is -0.274. The van der Waals surface area contributed by atoms with Crippen molar-refractivity contribution in [2.45, 2.75) is 44.7 Å². The average molecular weight is 505 g/mol. The molecular weight excluding hydrogens is 479 g/mol. The van der Waals surface area contributed by atoms with Gasteiger partial charge in [0.2, 0.25) is 0 Å². The first-order valence-electron chi connectivity index (χ1n) is 11.3. The smallest absolute Gasteiger partial charge is 0.425 e. The zero-order chi connectivity index (χ0) is 25.9. The molecule has 1 fully saturated rings. The molecule has 3 aromatic rings. The van der Waals surface area contributed by atoms with Gasteiger partial charge in [0, 0.05) is 25.9 Å². The molecule has 36 heavy (non-hydrogen) atoms. The summed E-state index contributed by atoms with van der Waals surface area (Å²) < 4.78 is 49.2. The van der Waals surface area contributed by atoms with Crippen LogP contribution in [0.2, 0.25) is 0 Å². The monoisotopic (exact) mass is 505 g/mol. The summed E-state index contributed by atoms with van der Waals surface area (Å²) in [6.45, 7) is 2.26. The number of carbonyl (C=O) groups excluding carboxylic acids is 1. The van der Waals surface area contributed by atoms with Crippen LogP contribution in [-0.2, 0) is 6.54 Å². The Balaban J connectivity index is 1.65. The highest BCUT2D eigenvalue weighted by molar-refractivity contribution is 5.97. The lowest BCUT2D eigenvalue weighted by Gasteiger charge is -2.14. The van der Waals surface area contributed by atoms with Crippen molar-refractivity contribution in [3.8, 4) is 17.5 Å². The van der Waals surface area contributed by atoms with E-state index in [0.29, 0.717) is 25.0 Å². The first-order valence-corrected chi connectivity index (χ1v) is 11.3. The van der Waals surface area contributed by atoms with Crippen LogP contribution in [0, 0.1) is 6.92 Å². The summed E-state index contributed by atoms with van der Waals surface area (Å²) in [4.78, 5) is 21.9. The number of pyridine rings is 1. The van der Waals surface area contributed by atoms with Crippen LogP contribution in [0.5, 0.6) is 17.5 Å². The van der Waals surface area contributed by atoms with Crippen LogP contribution in [0.25, 0.3) is 0 Å². The molecule has 2 aromatic heterocycles. The molecule has 192 valence electrons. The van der Waals surface area contributed by atoms with Crippen LogP contribution in [-0.4, -0.2) is 51.1 Å². The van der Waals surface area contributed by atoms with Gasteiger partial charge >= 0.3 is 12.4 Å². The number of alkyl halides is 3. The number of halogens is 3. The number of hydrogen-bond donors (Lipinski definition) is 3. The Morgan fingerprint density at radius 2 is 1.97 bits per heavy atom. The minimum atomic E-state index is -4.85. The molecular formula is C24H26F3N5O4. The van der Waals surface area contributed by atoms with Crippen LogP contribution in [0.3, 0.4) is 0 Å². The molecule has 0 spiro atoms. The van der Waals surface area contributed by atoms with E-state index in [1.807, 2.05) is 13.0 Å². The SMILES string of the molecule is CNc1nc(Oc2cccc(OC(F)(F)F)c2)n(Cc2ccc(C)cn2)c1C(=O)NCCC1(O)CC1. The van der Waals surface area contributed by atoms with E-state index in [0.717, 1.165) is 17.7 Å². The van der Waals surface area contributed by atoms with Crippen molar-refractivity contribution in [1.29, 1.82) is 0 Å². The van der Waals surface area contributed by atoms with Gasteiger partial charge in [-0.2, -0.15) is 4.98 Å². The third-order valence-electron chi connectivity index (χ3n) is 5.63. The summed E-state index contributed by atoms with van der Waals surface area (Å²) in [6, 6.07) is 8.65. The van der Waals surface area contributed by atoms with Crippen molar-refractivity contribution in [2.75, 3.05) is 18.9 Å². The molecule has 0 radical (unpaired) electrons. The van der Waals surface area contributed by atoms with E-state index < -0.39 is 23.6 Å². The molecule has 3 N–H and O–H groups in total. The second-order valence-electron chi connectivity index (χ2n) is 8.61. The van der Waals surface area contributed by atoms with Crippen molar-refractivity contribution >= 4 is 11.7 Å². The molecule has 1 aromatic carbocycles. The molecule has 1 aliphatic carbocycles. The van der Waals surface area contributed by atoms with Crippen molar-refractivity contribution in [1.82, 2.24) is 19.9 Å². The van der Waals surface area contributed by atoms with E-state index in [1.54, 1.807) is 19.3 Å². The Kier molecular flexibility index (Phi) is 7.07. The zero-order valence-electron chi connectivity index (χ0n) is 19.7. The van der Waals surface area contributed by atoms with Gasteiger partial charge in [-0.05, 0) is 49.9 Å². The van der Waals surface area contributed by atoms with Gasteiger partial charge in [0.05, 0.1) is 17.8 Å². The third-order valence-corrected chi connectivity index (χ3v) is 5.63. The van der Waals surface area contributed by atoms with Gasteiger partial charge in [0.1, 0.15) is 11.5 Å². The number of hydrogen-bond acceptors (Lipinski definition) is 7. The number of aryl methyl sites for hydroxylation is 1. The molecule has 0 bridgehead atoms. The largest absolute Gasteiger partial charge is 0.573 e. The summed E-state index contributed by atoms with van der Waals surface area (Å²) in [6.07, 6.45) is -1.34. The number of rotatable bonds is 10. The van der Waals surface area contributed by atoms with E-state index in [4.69, 9.17) is 4.74 Å². The summed E-state index contributed by atoms with van der Waals surface area (Å²) in [5, 5.41) is 15.7. The van der Waals surface area contributed by atoms with E-state index in [9.17, 15) is 23.1 Å². The van der Waals surface area contributed by atoms with Crippen molar-refractivity contribution in [2.24, 2.45) is 0 Å². The summed E-state index contributed by atoms with van der Waals surface area (Å²) >= 11 is 0. The van der Waals surface area contributed by atoms with Crippen LogP contribution >= 0.6 is 0 Å². The fourth-order valence-electron chi connectivity index (χ4n) is 3.54. The number of carbonyl (C=O) groups is 1. The first-order chi connectivity index (χ1) is 17.0. The van der Waals surface area contributed by atoms with Crippen LogP contribution < -0.4 is 20.1 Å². The Morgan fingerprint density at radius 1 is 1.22 bits per heavy atom.